The number of urea groups is 1. The van der Waals surface area contributed by atoms with E-state index >= 15 is 0 Å². The van der Waals surface area contributed by atoms with Gasteiger partial charge in [0.15, 0.2) is 5.82 Å². The molecule has 2 aliphatic heterocycles. The lowest BCUT2D eigenvalue weighted by Crippen LogP contribution is -2.54. The molecule has 21 heavy (non-hydrogen) atoms. The number of hydrogen-bond acceptors (Lipinski definition) is 5. The molecular formula is C14H21N5O2. The zero-order chi connectivity index (χ0) is 14.7. The molecule has 0 saturated carbocycles. The standard InChI is InChI=1S/C14H21N5O2/c1-11-2-3-13(17-16-11)19-9-12(10-19)8-15-14(20)18-4-6-21-7-5-18/h2-3,12H,4-10H2,1H3,(H,15,20). The van der Waals surface area contributed by atoms with Crippen molar-refractivity contribution >= 4 is 11.8 Å². The smallest absolute Gasteiger partial charge is 0.317 e. The molecule has 0 radical (unpaired) electrons. The number of ether oxygens (including phenoxy) is 1. The molecule has 3 heterocycles. The lowest BCUT2D eigenvalue weighted by Gasteiger charge is -2.40. The van der Waals surface area contributed by atoms with Crippen LogP contribution in [0.4, 0.5) is 10.6 Å². The average molecular weight is 291 g/mol. The molecule has 0 atom stereocenters. The van der Waals surface area contributed by atoms with Gasteiger partial charge in [-0.25, -0.2) is 4.79 Å². The second-order valence-electron chi connectivity index (χ2n) is 5.59. The molecule has 2 saturated heterocycles. The van der Waals surface area contributed by atoms with E-state index < -0.39 is 0 Å². The minimum atomic E-state index is 0.0203. The summed E-state index contributed by atoms with van der Waals surface area (Å²) in [5, 5.41) is 11.2. The first-order chi connectivity index (χ1) is 10.2. The van der Waals surface area contributed by atoms with E-state index in [-0.39, 0.29) is 6.03 Å². The van der Waals surface area contributed by atoms with E-state index in [4.69, 9.17) is 4.74 Å². The highest BCUT2D eigenvalue weighted by Crippen LogP contribution is 2.21. The van der Waals surface area contributed by atoms with Gasteiger partial charge in [0.1, 0.15) is 0 Å². The van der Waals surface area contributed by atoms with Gasteiger partial charge < -0.3 is 19.9 Å². The summed E-state index contributed by atoms with van der Waals surface area (Å²) in [5.74, 6) is 1.40. The summed E-state index contributed by atoms with van der Waals surface area (Å²) in [7, 11) is 0. The number of carbonyl (C=O) groups excluding carboxylic acids is 1. The van der Waals surface area contributed by atoms with Crippen LogP contribution in [0.1, 0.15) is 5.69 Å². The molecule has 1 N–H and O–H groups in total. The molecule has 0 aromatic carbocycles. The van der Waals surface area contributed by atoms with Crippen LogP contribution in [0, 0.1) is 12.8 Å². The number of hydrogen-bond donors (Lipinski definition) is 1. The molecule has 3 rings (SSSR count). The van der Waals surface area contributed by atoms with Gasteiger partial charge in [-0.15, -0.1) is 5.10 Å². The van der Waals surface area contributed by atoms with Crippen molar-refractivity contribution in [2.24, 2.45) is 5.92 Å². The first kappa shape index (κ1) is 14.1. The van der Waals surface area contributed by atoms with Gasteiger partial charge in [0.05, 0.1) is 18.9 Å². The molecule has 0 aliphatic carbocycles. The van der Waals surface area contributed by atoms with Crippen molar-refractivity contribution in [1.29, 1.82) is 0 Å². The third kappa shape index (κ3) is 3.41. The maximum Gasteiger partial charge on any atom is 0.317 e. The monoisotopic (exact) mass is 291 g/mol. The number of aryl methyl sites for hydroxylation is 1. The molecule has 2 fully saturated rings. The number of rotatable bonds is 3. The largest absolute Gasteiger partial charge is 0.378 e. The number of nitrogens with one attached hydrogen (secondary N) is 1. The molecule has 2 aliphatic rings. The summed E-state index contributed by atoms with van der Waals surface area (Å²) >= 11 is 0. The second-order valence-corrected chi connectivity index (χ2v) is 5.59. The van der Waals surface area contributed by atoms with Crippen LogP contribution in [0.25, 0.3) is 0 Å². The molecule has 0 bridgehead atoms. The SMILES string of the molecule is Cc1ccc(N2CC(CNC(=O)N3CCOCC3)C2)nn1. The van der Waals surface area contributed by atoms with Gasteiger partial charge in [-0.1, -0.05) is 0 Å². The van der Waals surface area contributed by atoms with Crippen LogP contribution in [0.15, 0.2) is 12.1 Å². The van der Waals surface area contributed by atoms with Crippen molar-refractivity contribution in [3.8, 4) is 0 Å². The quantitative estimate of drug-likeness (QED) is 0.865. The minimum absolute atomic E-state index is 0.0203. The van der Waals surface area contributed by atoms with Crippen LogP contribution in [-0.2, 0) is 4.74 Å². The van der Waals surface area contributed by atoms with E-state index in [1.807, 2.05) is 24.0 Å². The van der Waals surface area contributed by atoms with Crippen LogP contribution in [-0.4, -0.2) is 67.1 Å². The maximum absolute atomic E-state index is 12.0. The molecule has 1 aromatic rings. The molecule has 7 heteroatoms. The summed E-state index contributed by atoms with van der Waals surface area (Å²) in [6.45, 7) is 7.11. The Hall–Kier alpha value is -1.89. The lowest BCUT2D eigenvalue weighted by molar-refractivity contribution is 0.0529. The van der Waals surface area contributed by atoms with Crippen molar-refractivity contribution in [1.82, 2.24) is 20.4 Å². The topological polar surface area (TPSA) is 70.6 Å². The Bertz CT molecular complexity index is 481. The molecular weight excluding hydrogens is 270 g/mol. The van der Waals surface area contributed by atoms with E-state index in [0.717, 1.165) is 24.6 Å². The van der Waals surface area contributed by atoms with Crippen molar-refractivity contribution in [2.45, 2.75) is 6.92 Å². The molecule has 7 nitrogen and oxygen atoms in total. The normalized spacial score (nSPS) is 19.3. The zero-order valence-corrected chi connectivity index (χ0v) is 12.3. The van der Waals surface area contributed by atoms with E-state index in [2.05, 4.69) is 20.4 Å². The first-order valence-electron chi connectivity index (χ1n) is 7.38. The molecule has 0 spiro atoms. The van der Waals surface area contributed by atoms with Gasteiger partial charge in [0, 0.05) is 38.6 Å². The van der Waals surface area contributed by atoms with E-state index in [1.54, 1.807) is 0 Å². The van der Waals surface area contributed by atoms with Crippen LogP contribution in [0.5, 0.6) is 0 Å². The highest BCUT2D eigenvalue weighted by Gasteiger charge is 2.28. The van der Waals surface area contributed by atoms with Crippen LogP contribution in [0.2, 0.25) is 0 Å². The summed E-state index contributed by atoms with van der Waals surface area (Å²) in [5.41, 5.74) is 0.925. The van der Waals surface area contributed by atoms with Gasteiger partial charge in [0.2, 0.25) is 0 Å². The van der Waals surface area contributed by atoms with Crippen molar-refractivity contribution in [2.75, 3.05) is 50.8 Å². The highest BCUT2D eigenvalue weighted by atomic mass is 16.5. The zero-order valence-electron chi connectivity index (χ0n) is 12.3. The number of anilines is 1. The first-order valence-corrected chi connectivity index (χ1v) is 7.38. The Labute approximate surface area is 124 Å². The number of amides is 2. The second kappa shape index (κ2) is 6.26. The van der Waals surface area contributed by atoms with Crippen LogP contribution in [0.3, 0.4) is 0 Å². The van der Waals surface area contributed by atoms with E-state index in [9.17, 15) is 4.79 Å². The van der Waals surface area contributed by atoms with E-state index in [1.165, 1.54) is 0 Å². The van der Waals surface area contributed by atoms with Crippen molar-refractivity contribution in [3.05, 3.63) is 17.8 Å². The van der Waals surface area contributed by atoms with Crippen LogP contribution >= 0.6 is 0 Å². The number of nitrogens with zero attached hydrogens (tertiary/aromatic N) is 4. The predicted molar refractivity (Wildman–Crippen MR) is 78.3 cm³/mol. The number of carbonyl (C=O) groups is 1. The van der Waals surface area contributed by atoms with Gasteiger partial charge in [-0.05, 0) is 19.1 Å². The Morgan fingerprint density at radius 1 is 1.33 bits per heavy atom. The van der Waals surface area contributed by atoms with E-state index in [0.29, 0.717) is 38.8 Å². The predicted octanol–water partition coefficient (Wildman–Crippen LogP) is 0.263. The summed E-state index contributed by atoms with van der Waals surface area (Å²) in [6.07, 6.45) is 0. The highest BCUT2D eigenvalue weighted by molar-refractivity contribution is 5.74. The maximum atomic E-state index is 12.0. The lowest BCUT2D eigenvalue weighted by atomic mass is 10.0. The van der Waals surface area contributed by atoms with Crippen molar-refractivity contribution in [3.63, 3.8) is 0 Å². The fourth-order valence-corrected chi connectivity index (χ4v) is 2.56. The third-order valence-electron chi connectivity index (χ3n) is 3.91. The van der Waals surface area contributed by atoms with Crippen LogP contribution < -0.4 is 10.2 Å². The number of aromatic nitrogens is 2. The summed E-state index contributed by atoms with van der Waals surface area (Å²) in [4.78, 5) is 15.9. The summed E-state index contributed by atoms with van der Waals surface area (Å²) in [6, 6.07) is 3.98. The third-order valence-corrected chi connectivity index (χ3v) is 3.91. The van der Waals surface area contributed by atoms with Gasteiger partial charge in [0.25, 0.3) is 0 Å². The molecule has 114 valence electrons. The molecule has 1 aromatic heterocycles. The van der Waals surface area contributed by atoms with Gasteiger partial charge in [-0.2, -0.15) is 5.10 Å². The fourth-order valence-electron chi connectivity index (χ4n) is 2.56. The summed E-state index contributed by atoms with van der Waals surface area (Å²) < 4.78 is 5.24. The van der Waals surface area contributed by atoms with Gasteiger partial charge >= 0.3 is 6.03 Å². The fraction of sp³-hybridized carbons (Fsp3) is 0.643. The Kier molecular flexibility index (Phi) is 4.19. The Balaban J connectivity index is 1.38. The Morgan fingerprint density at radius 2 is 2.10 bits per heavy atom. The van der Waals surface area contributed by atoms with Crippen molar-refractivity contribution < 1.29 is 9.53 Å². The molecule has 2 amide bonds. The molecule has 0 unspecified atom stereocenters. The van der Waals surface area contributed by atoms with Gasteiger partial charge in [-0.3, -0.25) is 0 Å². The average Bonchev–Trinajstić information content (AvgIpc) is 2.48. The minimum Gasteiger partial charge on any atom is -0.378 e. The Morgan fingerprint density at radius 3 is 2.76 bits per heavy atom. The number of morpholine rings is 1.